The average Bonchev–Trinajstić information content (AvgIpc) is 3.26. The number of amides is 2. The van der Waals surface area contributed by atoms with Crippen LogP contribution < -0.4 is 15.4 Å². The van der Waals surface area contributed by atoms with Crippen LogP contribution in [0.15, 0.2) is 18.6 Å². The molecule has 2 aromatic rings. The second kappa shape index (κ2) is 6.97. The molecule has 0 aliphatic carbocycles. The first-order valence-electron chi connectivity index (χ1n) is 7.41. The Bertz CT molecular complexity index is 671. The maximum Gasteiger partial charge on any atom is 0.321 e. The number of hydrogen-bond donors (Lipinski definition) is 2. The van der Waals surface area contributed by atoms with Gasteiger partial charge in [-0.25, -0.2) is 14.8 Å². The molecule has 0 saturated carbocycles. The summed E-state index contributed by atoms with van der Waals surface area (Å²) in [5, 5.41) is 6.79. The summed E-state index contributed by atoms with van der Waals surface area (Å²) in [7, 11) is 1.56. The van der Waals surface area contributed by atoms with Gasteiger partial charge in [0.2, 0.25) is 0 Å². The number of rotatable bonds is 5. The number of carbonyl (C=O) groups excluding carboxylic acids is 1. The zero-order valence-electron chi connectivity index (χ0n) is 13.0. The van der Waals surface area contributed by atoms with E-state index in [1.165, 1.54) is 11.3 Å². The van der Waals surface area contributed by atoms with Gasteiger partial charge in [-0.05, 0) is 13.3 Å². The molecule has 124 valence electrons. The van der Waals surface area contributed by atoms with Gasteiger partial charge in [-0.3, -0.25) is 5.32 Å². The van der Waals surface area contributed by atoms with E-state index in [2.05, 4.69) is 20.6 Å². The summed E-state index contributed by atoms with van der Waals surface area (Å²) >= 11 is 1.27. The van der Waals surface area contributed by atoms with Crippen molar-refractivity contribution in [2.24, 2.45) is 0 Å². The molecule has 1 saturated heterocycles. The Kier molecular flexibility index (Phi) is 4.77. The van der Waals surface area contributed by atoms with Crippen molar-refractivity contribution in [1.29, 1.82) is 0 Å². The molecule has 0 aromatic carbocycles. The molecule has 0 radical (unpaired) electrons. The van der Waals surface area contributed by atoms with Gasteiger partial charge in [-0.1, -0.05) is 11.3 Å². The van der Waals surface area contributed by atoms with Crippen molar-refractivity contribution < 1.29 is 14.3 Å². The highest BCUT2D eigenvalue weighted by Gasteiger charge is 2.33. The van der Waals surface area contributed by atoms with Gasteiger partial charge in [0.15, 0.2) is 10.2 Å². The SMILES string of the molecule is CCn1ccnc1[C@@H]1OCC[C@H]1NC(=O)Nc1ncc(OC)s1. The Balaban J connectivity index is 1.63. The van der Waals surface area contributed by atoms with Crippen LogP contribution in [0.5, 0.6) is 5.06 Å². The lowest BCUT2D eigenvalue weighted by molar-refractivity contribution is 0.0906. The number of anilines is 1. The van der Waals surface area contributed by atoms with Gasteiger partial charge in [0.05, 0.1) is 19.3 Å². The van der Waals surface area contributed by atoms with Crippen molar-refractivity contribution in [1.82, 2.24) is 19.9 Å². The van der Waals surface area contributed by atoms with Crippen molar-refractivity contribution in [3.8, 4) is 5.06 Å². The van der Waals surface area contributed by atoms with Crippen LogP contribution in [0.3, 0.4) is 0 Å². The number of imidazole rings is 1. The van der Waals surface area contributed by atoms with Crippen molar-refractivity contribution in [2.45, 2.75) is 32.0 Å². The lowest BCUT2D eigenvalue weighted by atomic mass is 10.1. The first-order valence-corrected chi connectivity index (χ1v) is 8.23. The van der Waals surface area contributed by atoms with Crippen LogP contribution in [0.25, 0.3) is 0 Å². The average molecular weight is 337 g/mol. The Morgan fingerprint density at radius 3 is 3.17 bits per heavy atom. The second-order valence-electron chi connectivity index (χ2n) is 5.05. The number of urea groups is 1. The predicted molar refractivity (Wildman–Crippen MR) is 85.8 cm³/mol. The molecule has 9 heteroatoms. The van der Waals surface area contributed by atoms with Gasteiger partial charge in [-0.2, -0.15) is 0 Å². The first-order chi connectivity index (χ1) is 11.2. The Labute approximate surface area is 137 Å². The highest BCUT2D eigenvalue weighted by atomic mass is 32.1. The molecule has 1 fully saturated rings. The fourth-order valence-corrected chi connectivity index (χ4v) is 3.18. The standard InChI is InChI=1S/C14H19N5O3S/c1-3-19-6-5-15-12(19)11-9(4-7-22-11)17-13(20)18-14-16-8-10(21-2)23-14/h5-6,8-9,11H,3-4,7H2,1-2H3,(H2,16,17,18,20)/t9-,11-/m1/s1. The molecule has 2 aromatic heterocycles. The third kappa shape index (κ3) is 3.45. The van der Waals surface area contributed by atoms with E-state index in [-0.39, 0.29) is 18.2 Å². The molecule has 1 aliphatic heterocycles. The van der Waals surface area contributed by atoms with E-state index in [0.717, 1.165) is 18.8 Å². The van der Waals surface area contributed by atoms with E-state index in [0.29, 0.717) is 16.8 Å². The molecule has 1 aliphatic rings. The lowest BCUT2D eigenvalue weighted by Crippen LogP contribution is -2.40. The molecule has 23 heavy (non-hydrogen) atoms. The van der Waals surface area contributed by atoms with E-state index in [9.17, 15) is 4.79 Å². The third-order valence-electron chi connectivity index (χ3n) is 3.66. The minimum absolute atomic E-state index is 0.121. The quantitative estimate of drug-likeness (QED) is 0.871. The molecule has 8 nitrogen and oxygen atoms in total. The molecule has 0 bridgehead atoms. The third-order valence-corrected chi connectivity index (χ3v) is 4.53. The van der Waals surface area contributed by atoms with Crippen LogP contribution in [0.1, 0.15) is 25.3 Å². The number of methoxy groups -OCH3 is 1. The zero-order valence-corrected chi connectivity index (χ0v) is 13.8. The number of aromatic nitrogens is 3. The monoisotopic (exact) mass is 337 g/mol. The number of nitrogens with one attached hydrogen (secondary N) is 2. The molecule has 3 rings (SSSR count). The number of aryl methyl sites for hydroxylation is 1. The summed E-state index contributed by atoms with van der Waals surface area (Å²) in [4.78, 5) is 20.6. The van der Waals surface area contributed by atoms with Crippen molar-refractivity contribution >= 4 is 22.5 Å². The smallest absolute Gasteiger partial charge is 0.321 e. The minimum atomic E-state index is -0.308. The largest absolute Gasteiger partial charge is 0.486 e. The van der Waals surface area contributed by atoms with Gasteiger partial charge in [0, 0.05) is 25.5 Å². The lowest BCUT2D eigenvalue weighted by Gasteiger charge is -2.20. The van der Waals surface area contributed by atoms with E-state index >= 15 is 0 Å². The number of carbonyl (C=O) groups is 1. The minimum Gasteiger partial charge on any atom is -0.486 e. The molecule has 0 spiro atoms. The summed E-state index contributed by atoms with van der Waals surface area (Å²) in [5.41, 5.74) is 0. The van der Waals surface area contributed by atoms with Crippen LogP contribution in [0.4, 0.5) is 9.93 Å². The highest BCUT2D eigenvalue weighted by Crippen LogP contribution is 2.29. The first kappa shape index (κ1) is 15.8. The van der Waals surface area contributed by atoms with Crippen LogP contribution in [0.2, 0.25) is 0 Å². The molecule has 2 atom stereocenters. The Hall–Kier alpha value is -2.13. The van der Waals surface area contributed by atoms with Gasteiger partial charge in [0.1, 0.15) is 11.9 Å². The van der Waals surface area contributed by atoms with Gasteiger partial charge in [-0.15, -0.1) is 0 Å². The maximum atomic E-state index is 12.2. The van der Waals surface area contributed by atoms with E-state index in [1.807, 2.05) is 17.7 Å². The van der Waals surface area contributed by atoms with Crippen molar-refractivity contribution in [2.75, 3.05) is 19.0 Å². The number of nitrogens with zero attached hydrogens (tertiary/aromatic N) is 3. The van der Waals surface area contributed by atoms with Gasteiger partial charge in [0.25, 0.3) is 0 Å². The van der Waals surface area contributed by atoms with E-state index in [1.54, 1.807) is 19.5 Å². The molecule has 3 heterocycles. The topological polar surface area (TPSA) is 90.3 Å². The molecule has 0 unspecified atom stereocenters. The van der Waals surface area contributed by atoms with Crippen molar-refractivity contribution in [3.05, 3.63) is 24.4 Å². The van der Waals surface area contributed by atoms with Crippen molar-refractivity contribution in [3.63, 3.8) is 0 Å². The summed E-state index contributed by atoms with van der Waals surface area (Å²) in [6, 6.07) is -0.429. The van der Waals surface area contributed by atoms with E-state index in [4.69, 9.17) is 9.47 Å². The fraction of sp³-hybridized carbons (Fsp3) is 0.500. The summed E-state index contributed by atoms with van der Waals surface area (Å²) in [6.45, 7) is 3.45. The second-order valence-corrected chi connectivity index (χ2v) is 6.04. The van der Waals surface area contributed by atoms with Crippen LogP contribution in [-0.2, 0) is 11.3 Å². The van der Waals surface area contributed by atoms with Gasteiger partial charge >= 0.3 is 6.03 Å². The van der Waals surface area contributed by atoms with Crippen LogP contribution in [-0.4, -0.2) is 40.3 Å². The molecule has 2 N–H and O–H groups in total. The van der Waals surface area contributed by atoms with Crippen LogP contribution in [0, 0.1) is 0 Å². The fourth-order valence-electron chi connectivity index (χ4n) is 2.55. The normalized spacial score (nSPS) is 20.4. The van der Waals surface area contributed by atoms with Gasteiger partial charge < -0.3 is 19.4 Å². The number of thiazole rings is 1. The predicted octanol–water partition coefficient (Wildman–Crippen LogP) is 2.02. The molecular weight excluding hydrogens is 318 g/mol. The maximum absolute atomic E-state index is 12.2. The summed E-state index contributed by atoms with van der Waals surface area (Å²) in [6.07, 6.45) is 5.74. The summed E-state index contributed by atoms with van der Waals surface area (Å²) < 4.78 is 12.8. The molecule has 2 amide bonds. The highest BCUT2D eigenvalue weighted by molar-refractivity contribution is 7.17. The number of hydrogen-bond acceptors (Lipinski definition) is 6. The van der Waals surface area contributed by atoms with Crippen LogP contribution >= 0.6 is 11.3 Å². The number of ether oxygens (including phenoxy) is 2. The zero-order chi connectivity index (χ0) is 16.2. The Morgan fingerprint density at radius 1 is 1.57 bits per heavy atom. The van der Waals surface area contributed by atoms with E-state index < -0.39 is 0 Å². The Morgan fingerprint density at radius 2 is 2.43 bits per heavy atom. The molecular formula is C14H19N5O3S. The summed E-state index contributed by atoms with van der Waals surface area (Å²) in [5.74, 6) is 0.839.